The van der Waals surface area contributed by atoms with E-state index in [2.05, 4.69) is 15.2 Å². The van der Waals surface area contributed by atoms with Gasteiger partial charge in [-0.3, -0.25) is 5.10 Å². The number of aromatic nitrogens is 3. The minimum absolute atomic E-state index is 0.149. The molecule has 0 saturated heterocycles. The summed E-state index contributed by atoms with van der Waals surface area (Å²) in [4.78, 5) is 4.49. The fourth-order valence-electron chi connectivity index (χ4n) is 1.95. The standard InChI is InChI=1S/C15H17FN4O/c16-7-10(8-17)9-21-13-5-3-12(4-6-13)15-18-14(19-20-15)11-1-2-11/h3-7,11H,1-2,8-9,17H2,(H,18,19,20)/b10-7+. The summed E-state index contributed by atoms with van der Waals surface area (Å²) >= 11 is 0. The highest BCUT2D eigenvalue weighted by Crippen LogP contribution is 2.38. The van der Waals surface area contributed by atoms with Crippen LogP contribution in [0.15, 0.2) is 36.2 Å². The first-order chi connectivity index (χ1) is 10.3. The van der Waals surface area contributed by atoms with Crippen LogP contribution in [0.25, 0.3) is 11.4 Å². The van der Waals surface area contributed by atoms with Crippen LogP contribution >= 0.6 is 0 Å². The number of hydrogen-bond acceptors (Lipinski definition) is 4. The molecule has 5 nitrogen and oxygen atoms in total. The number of nitrogens with zero attached hydrogens (tertiary/aromatic N) is 2. The summed E-state index contributed by atoms with van der Waals surface area (Å²) in [6.07, 6.45) is 2.86. The second-order valence-electron chi connectivity index (χ2n) is 5.10. The molecule has 2 aromatic rings. The highest BCUT2D eigenvalue weighted by molar-refractivity contribution is 5.56. The van der Waals surface area contributed by atoms with E-state index < -0.39 is 0 Å². The highest BCUT2D eigenvalue weighted by atomic mass is 19.1. The Morgan fingerprint density at radius 2 is 2.14 bits per heavy atom. The van der Waals surface area contributed by atoms with Crippen LogP contribution in [0.1, 0.15) is 24.6 Å². The van der Waals surface area contributed by atoms with E-state index in [4.69, 9.17) is 10.5 Å². The Balaban J connectivity index is 1.65. The topological polar surface area (TPSA) is 76.8 Å². The van der Waals surface area contributed by atoms with Gasteiger partial charge in [0.1, 0.15) is 18.2 Å². The van der Waals surface area contributed by atoms with Crippen molar-refractivity contribution in [1.82, 2.24) is 15.2 Å². The molecule has 21 heavy (non-hydrogen) atoms. The molecule has 0 unspecified atom stereocenters. The maximum Gasteiger partial charge on any atom is 0.181 e. The number of aromatic amines is 1. The van der Waals surface area contributed by atoms with E-state index in [0.29, 0.717) is 29.4 Å². The fourth-order valence-corrected chi connectivity index (χ4v) is 1.95. The summed E-state index contributed by atoms with van der Waals surface area (Å²) in [7, 11) is 0. The minimum atomic E-state index is 0.149. The normalized spacial score (nSPS) is 15.2. The Labute approximate surface area is 122 Å². The number of nitrogens with two attached hydrogens (primary N) is 1. The predicted octanol–water partition coefficient (Wildman–Crippen LogP) is 2.54. The Kier molecular flexibility index (Phi) is 3.96. The Morgan fingerprint density at radius 1 is 1.38 bits per heavy atom. The van der Waals surface area contributed by atoms with Gasteiger partial charge in [0.15, 0.2) is 5.82 Å². The zero-order valence-corrected chi connectivity index (χ0v) is 11.6. The van der Waals surface area contributed by atoms with Crippen LogP contribution in [0.4, 0.5) is 4.39 Å². The highest BCUT2D eigenvalue weighted by Gasteiger charge is 2.27. The second kappa shape index (κ2) is 6.05. The van der Waals surface area contributed by atoms with Crippen LogP contribution in [0.5, 0.6) is 5.75 Å². The fraction of sp³-hybridized carbons (Fsp3) is 0.333. The van der Waals surface area contributed by atoms with Gasteiger partial charge < -0.3 is 10.5 Å². The van der Waals surface area contributed by atoms with Gasteiger partial charge in [-0.1, -0.05) is 0 Å². The van der Waals surface area contributed by atoms with Crippen molar-refractivity contribution in [3.8, 4) is 17.1 Å². The lowest BCUT2D eigenvalue weighted by Gasteiger charge is -2.07. The van der Waals surface area contributed by atoms with E-state index in [1.54, 1.807) is 0 Å². The summed E-state index contributed by atoms with van der Waals surface area (Å²) in [5, 5.41) is 7.21. The van der Waals surface area contributed by atoms with Gasteiger partial charge in [0, 0.05) is 23.6 Å². The predicted molar refractivity (Wildman–Crippen MR) is 77.5 cm³/mol. The van der Waals surface area contributed by atoms with Gasteiger partial charge in [0.05, 0.1) is 6.33 Å². The molecular weight excluding hydrogens is 271 g/mol. The molecule has 110 valence electrons. The van der Waals surface area contributed by atoms with Crippen LogP contribution in [-0.2, 0) is 0 Å². The summed E-state index contributed by atoms with van der Waals surface area (Å²) in [6, 6.07) is 7.40. The summed E-state index contributed by atoms with van der Waals surface area (Å²) in [5.41, 5.74) is 6.71. The molecule has 1 aliphatic rings. The van der Waals surface area contributed by atoms with Crippen molar-refractivity contribution in [2.45, 2.75) is 18.8 Å². The number of halogens is 1. The third-order valence-corrected chi connectivity index (χ3v) is 3.42. The van der Waals surface area contributed by atoms with Crippen molar-refractivity contribution >= 4 is 0 Å². The first kappa shape index (κ1) is 13.8. The third kappa shape index (κ3) is 3.28. The molecule has 1 saturated carbocycles. The number of H-pyrrole nitrogens is 1. The van der Waals surface area contributed by atoms with Crippen molar-refractivity contribution in [2.24, 2.45) is 5.73 Å². The number of ether oxygens (including phenoxy) is 1. The Bertz CT molecular complexity index is 631. The van der Waals surface area contributed by atoms with Gasteiger partial charge in [-0.15, -0.1) is 0 Å². The van der Waals surface area contributed by atoms with Gasteiger partial charge in [-0.2, -0.15) is 5.10 Å². The van der Waals surface area contributed by atoms with Crippen LogP contribution in [0, 0.1) is 0 Å². The lowest BCUT2D eigenvalue weighted by molar-refractivity contribution is 0.347. The van der Waals surface area contributed by atoms with E-state index in [0.717, 1.165) is 11.4 Å². The van der Waals surface area contributed by atoms with Gasteiger partial charge >= 0.3 is 0 Å². The zero-order valence-electron chi connectivity index (χ0n) is 11.6. The van der Waals surface area contributed by atoms with Crippen LogP contribution in [0.3, 0.4) is 0 Å². The molecule has 1 aliphatic carbocycles. The molecule has 6 heteroatoms. The number of nitrogens with one attached hydrogen (secondary N) is 1. The molecule has 0 aliphatic heterocycles. The summed E-state index contributed by atoms with van der Waals surface area (Å²) in [5.74, 6) is 2.86. The van der Waals surface area contributed by atoms with E-state index in [1.165, 1.54) is 12.8 Å². The molecule has 1 fully saturated rings. The molecule has 1 aromatic carbocycles. The second-order valence-corrected chi connectivity index (χ2v) is 5.10. The molecule has 1 heterocycles. The lowest BCUT2D eigenvalue weighted by atomic mass is 10.2. The SMILES string of the molecule is NC/C(=C\F)COc1ccc(-c2n[nH]c(C3CC3)n2)cc1. The average Bonchev–Trinajstić information content (AvgIpc) is 3.26. The molecule has 3 N–H and O–H groups in total. The van der Waals surface area contributed by atoms with E-state index in [9.17, 15) is 4.39 Å². The summed E-state index contributed by atoms with van der Waals surface area (Å²) < 4.78 is 17.8. The largest absolute Gasteiger partial charge is 0.489 e. The molecule has 0 atom stereocenters. The molecule has 0 bridgehead atoms. The maximum absolute atomic E-state index is 12.4. The number of hydrogen-bond donors (Lipinski definition) is 2. The first-order valence-corrected chi connectivity index (χ1v) is 6.94. The Morgan fingerprint density at radius 3 is 2.76 bits per heavy atom. The third-order valence-electron chi connectivity index (χ3n) is 3.42. The average molecular weight is 288 g/mol. The van der Waals surface area contributed by atoms with Crippen LogP contribution in [-0.4, -0.2) is 28.3 Å². The van der Waals surface area contributed by atoms with Gasteiger partial charge in [-0.05, 0) is 37.1 Å². The maximum atomic E-state index is 12.4. The molecule has 3 rings (SSSR count). The van der Waals surface area contributed by atoms with E-state index in [1.807, 2.05) is 24.3 Å². The molecule has 1 aromatic heterocycles. The van der Waals surface area contributed by atoms with Crippen molar-refractivity contribution in [3.05, 3.63) is 42.0 Å². The van der Waals surface area contributed by atoms with Crippen LogP contribution < -0.4 is 10.5 Å². The van der Waals surface area contributed by atoms with Gasteiger partial charge in [0.25, 0.3) is 0 Å². The Hall–Kier alpha value is -2.21. The number of benzene rings is 1. The monoisotopic (exact) mass is 288 g/mol. The van der Waals surface area contributed by atoms with Crippen molar-refractivity contribution in [1.29, 1.82) is 0 Å². The van der Waals surface area contributed by atoms with Gasteiger partial charge in [0.2, 0.25) is 0 Å². The van der Waals surface area contributed by atoms with Crippen LogP contribution in [0.2, 0.25) is 0 Å². The minimum Gasteiger partial charge on any atom is -0.489 e. The quantitative estimate of drug-likeness (QED) is 0.856. The first-order valence-electron chi connectivity index (χ1n) is 6.94. The van der Waals surface area contributed by atoms with Crippen molar-refractivity contribution < 1.29 is 9.13 Å². The molecule has 0 spiro atoms. The lowest BCUT2D eigenvalue weighted by Crippen LogP contribution is -2.10. The zero-order chi connectivity index (χ0) is 14.7. The van der Waals surface area contributed by atoms with Crippen molar-refractivity contribution in [3.63, 3.8) is 0 Å². The molecule has 0 amide bonds. The summed E-state index contributed by atoms with van der Waals surface area (Å²) in [6.45, 7) is 0.300. The van der Waals surface area contributed by atoms with E-state index in [-0.39, 0.29) is 13.2 Å². The molecule has 0 radical (unpaired) electrons. The smallest absolute Gasteiger partial charge is 0.181 e. The van der Waals surface area contributed by atoms with Gasteiger partial charge in [-0.25, -0.2) is 9.37 Å². The number of rotatable bonds is 6. The molecular formula is C15H17FN4O. The van der Waals surface area contributed by atoms with E-state index >= 15 is 0 Å². The van der Waals surface area contributed by atoms with Crippen molar-refractivity contribution in [2.75, 3.05) is 13.2 Å².